The SMILES string of the molecule is O=C(Nc1ccc(F)cc1)c1ccc(CNC(=O)c2cncnc2N2CCn3nc(C4CCC4)cc3C2)cc1. The van der Waals surface area contributed by atoms with Crippen molar-refractivity contribution in [2.45, 2.75) is 44.8 Å². The van der Waals surface area contributed by atoms with Crippen LogP contribution in [0, 0.1) is 5.82 Å². The molecule has 39 heavy (non-hydrogen) atoms. The van der Waals surface area contributed by atoms with E-state index in [4.69, 9.17) is 5.10 Å². The van der Waals surface area contributed by atoms with E-state index in [0.29, 0.717) is 41.6 Å². The minimum atomic E-state index is -0.366. The van der Waals surface area contributed by atoms with Crippen LogP contribution in [0.2, 0.25) is 0 Å². The van der Waals surface area contributed by atoms with E-state index in [-0.39, 0.29) is 24.2 Å². The molecule has 4 aromatic rings. The minimum Gasteiger partial charge on any atom is -0.348 e. The molecule has 1 aliphatic carbocycles. The molecule has 1 aliphatic heterocycles. The Labute approximate surface area is 225 Å². The first-order chi connectivity index (χ1) is 19.0. The van der Waals surface area contributed by atoms with Crippen LogP contribution in [-0.2, 0) is 19.6 Å². The molecule has 0 radical (unpaired) electrons. The van der Waals surface area contributed by atoms with Gasteiger partial charge in [0.05, 0.1) is 24.5 Å². The van der Waals surface area contributed by atoms with Gasteiger partial charge in [-0.25, -0.2) is 14.4 Å². The lowest BCUT2D eigenvalue weighted by atomic mass is 9.83. The van der Waals surface area contributed by atoms with E-state index >= 15 is 0 Å². The van der Waals surface area contributed by atoms with Crippen molar-refractivity contribution in [2.24, 2.45) is 0 Å². The fraction of sp³-hybridized carbons (Fsp3) is 0.276. The predicted octanol–water partition coefficient (Wildman–Crippen LogP) is 4.28. The van der Waals surface area contributed by atoms with E-state index in [2.05, 4.69) is 36.2 Å². The molecule has 3 heterocycles. The largest absolute Gasteiger partial charge is 0.348 e. The van der Waals surface area contributed by atoms with Gasteiger partial charge in [0.25, 0.3) is 11.8 Å². The summed E-state index contributed by atoms with van der Waals surface area (Å²) in [5.74, 6) is 0.252. The summed E-state index contributed by atoms with van der Waals surface area (Å²) in [4.78, 5) is 36.3. The summed E-state index contributed by atoms with van der Waals surface area (Å²) in [6.45, 7) is 2.37. The molecule has 6 rings (SSSR count). The van der Waals surface area contributed by atoms with Crippen molar-refractivity contribution in [3.05, 3.63) is 101 Å². The molecule has 0 atom stereocenters. The normalized spacial score (nSPS) is 14.8. The molecule has 2 N–H and O–H groups in total. The maximum absolute atomic E-state index is 13.1. The summed E-state index contributed by atoms with van der Waals surface area (Å²) in [5.41, 5.74) is 4.54. The topological polar surface area (TPSA) is 105 Å². The van der Waals surface area contributed by atoms with Crippen LogP contribution in [0.1, 0.15) is 62.8 Å². The zero-order chi connectivity index (χ0) is 26.8. The van der Waals surface area contributed by atoms with Crippen molar-refractivity contribution in [2.75, 3.05) is 16.8 Å². The molecule has 2 aromatic carbocycles. The van der Waals surface area contributed by atoms with Crippen molar-refractivity contribution in [1.29, 1.82) is 0 Å². The number of halogens is 1. The molecule has 0 saturated heterocycles. The van der Waals surface area contributed by atoms with Crippen LogP contribution >= 0.6 is 0 Å². The second-order valence-corrected chi connectivity index (χ2v) is 9.93. The lowest BCUT2D eigenvalue weighted by Gasteiger charge is -2.29. The minimum absolute atomic E-state index is 0.266. The maximum Gasteiger partial charge on any atom is 0.256 e. The fourth-order valence-electron chi connectivity index (χ4n) is 4.90. The van der Waals surface area contributed by atoms with E-state index < -0.39 is 0 Å². The highest BCUT2D eigenvalue weighted by atomic mass is 19.1. The number of aromatic nitrogens is 4. The molecule has 0 bridgehead atoms. The van der Waals surface area contributed by atoms with Crippen LogP contribution in [-0.4, -0.2) is 38.1 Å². The summed E-state index contributed by atoms with van der Waals surface area (Å²) in [5, 5.41) is 10.5. The van der Waals surface area contributed by atoms with Gasteiger partial charge >= 0.3 is 0 Å². The third kappa shape index (κ3) is 5.36. The number of amides is 2. The summed E-state index contributed by atoms with van der Waals surface area (Å²) >= 11 is 0. The Bertz CT molecular complexity index is 1500. The first kappa shape index (κ1) is 24.7. The third-order valence-corrected chi connectivity index (χ3v) is 7.35. The number of carbonyl (C=O) groups is 2. The van der Waals surface area contributed by atoms with Crippen molar-refractivity contribution in [3.63, 3.8) is 0 Å². The molecule has 1 saturated carbocycles. The highest BCUT2D eigenvalue weighted by molar-refractivity contribution is 6.04. The first-order valence-electron chi connectivity index (χ1n) is 13.1. The van der Waals surface area contributed by atoms with E-state index in [1.165, 1.54) is 55.5 Å². The molecule has 2 aromatic heterocycles. The van der Waals surface area contributed by atoms with Crippen LogP contribution in [0.5, 0.6) is 0 Å². The maximum atomic E-state index is 13.1. The number of anilines is 2. The fourth-order valence-corrected chi connectivity index (χ4v) is 4.90. The Morgan fingerprint density at radius 2 is 1.79 bits per heavy atom. The molecule has 0 unspecified atom stereocenters. The van der Waals surface area contributed by atoms with Gasteiger partial charge in [-0.1, -0.05) is 18.6 Å². The van der Waals surface area contributed by atoms with E-state index in [1.807, 2.05) is 0 Å². The number of hydrogen-bond acceptors (Lipinski definition) is 6. The van der Waals surface area contributed by atoms with Crippen molar-refractivity contribution in [1.82, 2.24) is 25.1 Å². The van der Waals surface area contributed by atoms with Crippen LogP contribution in [0.4, 0.5) is 15.9 Å². The summed E-state index contributed by atoms with van der Waals surface area (Å²) < 4.78 is 15.2. The summed E-state index contributed by atoms with van der Waals surface area (Å²) in [6.07, 6.45) is 6.71. The standard InChI is InChI=1S/C29H28FN7O2/c30-22-8-10-23(11-9-22)34-28(38)21-6-4-19(5-7-21)15-32-29(39)25-16-31-18-33-27(25)36-12-13-37-24(17-36)14-26(35-37)20-2-1-3-20/h4-11,14,16,18,20H,1-3,12-13,15,17H2,(H,32,39)(H,34,38). The molecule has 2 amide bonds. The monoisotopic (exact) mass is 525 g/mol. The Morgan fingerprint density at radius 3 is 2.54 bits per heavy atom. The number of carbonyl (C=O) groups excluding carboxylic acids is 2. The van der Waals surface area contributed by atoms with Crippen molar-refractivity contribution >= 4 is 23.3 Å². The highest BCUT2D eigenvalue weighted by Gasteiger charge is 2.27. The average molecular weight is 526 g/mol. The number of nitrogens with zero attached hydrogens (tertiary/aromatic N) is 5. The Hall–Kier alpha value is -4.60. The number of nitrogens with one attached hydrogen (secondary N) is 2. The Balaban J connectivity index is 1.08. The smallest absolute Gasteiger partial charge is 0.256 e. The van der Waals surface area contributed by atoms with Gasteiger partial charge in [-0.05, 0) is 60.9 Å². The van der Waals surface area contributed by atoms with Gasteiger partial charge in [-0.3, -0.25) is 14.3 Å². The van der Waals surface area contributed by atoms with E-state index in [0.717, 1.165) is 17.8 Å². The number of hydrogen-bond donors (Lipinski definition) is 2. The van der Waals surface area contributed by atoms with Crippen molar-refractivity contribution < 1.29 is 14.0 Å². The Morgan fingerprint density at radius 1 is 1.00 bits per heavy atom. The van der Waals surface area contributed by atoms with Crippen LogP contribution in [0.3, 0.4) is 0 Å². The van der Waals surface area contributed by atoms with Gasteiger partial charge in [-0.2, -0.15) is 5.10 Å². The van der Waals surface area contributed by atoms with Gasteiger partial charge in [-0.15, -0.1) is 0 Å². The molecule has 0 spiro atoms. The highest BCUT2D eigenvalue weighted by Crippen LogP contribution is 2.36. The zero-order valence-electron chi connectivity index (χ0n) is 21.3. The molecular weight excluding hydrogens is 497 g/mol. The number of fused-ring (bicyclic) bond motifs is 1. The zero-order valence-corrected chi connectivity index (χ0v) is 21.3. The van der Waals surface area contributed by atoms with Gasteiger partial charge in [0.15, 0.2) is 0 Å². The van der Waals surface area contributed by atoms with E-state index in [9.17, 15) is 14.0 Å². The van der Waals surface area contributed by atoms with E-state index in [1.54, 1.807) is 30.5 Å². The first-order valence-corrected chi connectivity index (χ1v) is 13.1. The van der Waals surface area contributed by atoms with Gasteiger partial charge in [0.1, 0.15) is 23.5 Å². The number of benzene rings is 2. The van der Waals surface area contributed by atoms with Gasteiger partial charge in [0, 0.05) is 36.5 Å². The quantitative estimate of drug-likeness (QED) is 0.373. The molecule has 9 nitrogen and oxygen atoms in total. The predicted molar refractivity (Wildman–Crippen MR) is 144 cm³/mol. The summed E-state index contributed by atoms with van der Waals surface area (Å²) in [6, 6.07) is 14.7. The van der Waals surface area contributed by atoms with Gasteiger partial charge < -0.3 is 15.5 Å². The molecule has 1 fully saturated rings. The average Bonchev–Trinajstić information content (AvgIpc) is 3.34. The second-order valence-electron chi connectivity index (χ2n) is 9.93. The lowest BCUT2D eigenvalue weighted by Crippen LogP contribution is -2.36. The molecule has 198 valence electrons. The lowest BCUT2D eigenvalue weighted by molar-refractivity contribution is 0.0949. The van der Waals surface area contributed by atoms with Crippen molar-refractivity contribution in [3.8, 4) is 0 Å². The molecule has 10 heteroatoms. The number of rotatable bonds is 7. The Kier molecular flexibility index (Phi) is 6.75. The van der Waals surface area contributed by atoms with Crippen LogP contribution < -0.4 is 15.5 Å². The molecular formula is C29H28FN7O2. The van der Waals surface area contributed by atoms with Crippen LogP contribution in [0.25, 0.3) is 0 Å². The van der Waals surface area contributed by atoms with Crippen LogP contribution in [0.15, 0.2) is 67.1 Å². The summed E-state index contributed by atoms with van der Waals surface area (Å²) in [7, 11) is 0. The van der Waals surface area contributed by atoms with Gasteiger partial charge in [0.2, 0.25) is 0 Å². The third-order valence-electron chi connectivity index (χ3n) is 7.35. The second kappa shape index (κ2) is 10.6. The molecule has 2 aliphatic rings.